The highest BCUT2D eigenvalue weighted by Gasteiger charge is 2.10. The lowest BCUT2D eigenvalue weighted by Crippen LogP contribution is -1.99. The molecule has 0 saturated carbocycles. The van der Waals surface area contributed by atoms with Crippen LogP contribution < -0.4 is 0 Å². The number of hydrogen-bond donors (Lipinski definition) is 0. The summed E-state index contributed by atoms with van der Waals surface area (Å²) < 4.78 is 0. The van der Waals surface area contributed by atoms with Crippen molar-refractivity contribution in [2.24, 2.45) is 0 Å². The second kappa shape index (κ2) is 3.78. The topological polar surface area (TPSA) is 0 Å². The van der Waals surface area contributed by atoms with Crippen LogP contribution in [0.15, 0.2) is 0 Å². The number of halogens is 1. The zero-order valence-corrected chi connectivity index (χ0v) is 8.31. The van der Waals surface area contributed by atoms with Crippen molar-refractivity contribution in [3.05, 3.63) is 0 Å². The first-order valence-electron chi connectivity index (χ1n) is 3.14. The van der Waals surface area contributed by atoms with E-state index in [0.717, 1.165) is 0 Å². The van der Waals surface area contributed by atoms with Gasteiger partial charge >= 0.3 is 0 Å². The van der Waals surface area contributed by atoms with Gasteiger partial charge in [-0.05, 0) is 32.1 Å². The van der Waals surface area contributed by atoms with E-state index in [1.54, 1.807) is 0 Å². The van der Waals surface area contributed by atoms with Gasteiger partial charge in [-0.1, -0.05) is 20.8 Å². The summed E-state index contributed by atoms with van der Waals surface area (Å²) in [5, 5.41) is 0. The fraction of sp³-hybridized carbons (Fsp3) is 1.00. The van der Waals surface area contributed by atoms with Crippen LogP contribution in [0.2, 0.25) is 0 Å². The minimum absolute atomic E-state index is 0.340. The summed E-state index contributed by atoms with van der Waals surface area (Å²) in [4.78, 5) is 0. The lowest BCUT2D eigenvalue weighted by atomic mass is 10.9. The number of hydrogen-bond acceptors (Lipinski definition) is 0. The molecule has 0 spiro atoms. The molecule has 0 aromatic carbocycles. The van der Waals surface area contributed by atoms with Crippen LogP contribution >= 0.6 is 23.3 Å². The first-order chi connectivity index (χ1) is 3.68. The highest BCUT2D eigenvalue weighted by atomic mass is 79.9. The van der Waals surface area contributed by atoms with Crippen LogP contribution in [0.3, 0.4) is 0 Å². The van der Waals surface area contributed by atoms with Crippen molar-refractivity contribution in [3.8, 4) is 0 Å². The molecular formula is C6H15BrS. The first kappa shape index (κ1) is 8.83. The monoisotopic (exact) mass is 198 g/mol. The maximum atomic E-state index is 3.77. The van der Waals surface area contributed by atoms with E-state index < -0.39 is 0 Å². The van der Waals surface area contributed by atoms with Crippen molar-refractivity contribution in [1.29, 1.82) is 0 Å². The summed E-state index contributed by atoms with van der Waals surface area (Å²) in [5.41, 5.74) is 0. The molecule has 0 fully saturated rings. The minimum atomic E-state index is -0.340. The number of rotatable bonds is 3. The molecule has 0 saturated heterocycles. The Morgan fingerprint density at radius 2 is 1.25 bits per heavy atom. The van der Waals surface area contributed by atoms with Crippen molar-refractivity contribution in [2.45, 2.75) is 20.8 Å². The molecule has 0 bridgehead atoms. The molecular weight excluding hydrogens is 184 g/mol. The second-order valence-corrected chi connectivity index (χ2v) is 9.54. The van der Waals surface area contributed by atoms with Crippen molar-refractivity contribution in [1.82, 2.24) is 0 Å². The fourth-order valence-electron chi connectivity index (χ4n) is 0.612. The molecule has 0 nitrogen and oxygen atoms in total. The molecule has 52 valence electrons. The Kier molecular flexibility index (Phi) is 4.17. The highest BCUT2D eigenvalue weighted by molar-refractivity contribution is 9.58. The van der Waals surface area contributed by atoms with E-state index >= 15 is 0 Å². The van der Waals surface area contributed by atoms with Crippen LogP contribution in [0.1, 0.15) is 20.8 Å². The molecule has 0 amide bonds. The molecule has 0 atom stereocenters. The quantitative estimate of drug-likeness (QED) is 0.654. The molecule has 0 aliphatic rings. The molecule has 2 heteroatoms. The Bertz CT molecular complexity index is 51.3. The van der Waals surface area contributed by atoms with Gasteiger partial charge in [0.05, 0.1) is 0 Å². The van der Waals surface area contributed by atoms with E-state index in [4.69, 9.17) is 0 Å². The van der Waals surface area contributed by atoms with Gasteiger partial charge in [0.2, 0.25) is 0 Å². The van der Waals surface area contributed by atoms with E-state index in [2.05, 4.69) is 35.6 Å². The summed E-state index contributed by atoms with van der Waals surface area (Å²) in [6.07, 6.45) is 0. The zero-order valence-electron chi connectivity index (χ0n) is 5.91. The van der Waals surface area contributed by atoms with Crippen molar-refractivity contribution in [3.63, 3.8) is 0 Å². The summed E-state index contributed by atoms with van der Waals surface area (Å²) in [6.45, 7) is 6.78. The summed E-state index contributed by atoms with van der Waals surface area (Å²) in [5.74, 6) is 3.96. The van der Waals surface area contributed by atoms with E-state index in [-0.39, 0.29) is 8.46 Å². The zero-order chi connectivity index (χ0) is 6.62. The Balaban J connectivity index is 3.58. The van der Waals surface area contributed by atoms with Gasteiger partial charge < -0.3 is 0 Å². The molecule has 0 unspecified atom stereocenters. The normalized spacial score (nSPS) is 14.0. The van der Waals surface area contributed by atoms with Gasteiger partial charge in [0.15, 0.2) is 0 Å². The Hall–Kier alpha value is 0.830. The maximum Gasteiger partial charge on any atom is -0.0165 e. The van der Waals surface area contributed by atoms with Gasteiger partial charge in [0.25, 0.3) is 0 Å². The molecule has 8 heavy (non-hydrogen) atoms. The van der Waals surface area contributed by atoms with Gasteiger partial charge in [-0.25, -0.2) is 0 Å². The molecule has 0 rings (SSSR count). The van der Waals surface area contributed by atoms with Crippen LogP contribution in [0, 0.1) is 0 Å². The summed E-state index contributed by atoms with van der Waals surface area (Å²) >= 11 is 3.77. The van der Waals surface area contributed by atoms with Gasteiger partial charge in [-0.3, -0.25) is 0 Å². The molecule has 0 N–H and O–H groups in total. The molecule has 0 heterocycles. The van der Waals surface area contributed by atoms with E-state index in [1.165, 1.54) is 17.3 Å². The van der Waals surface area contributed by atoms with Crippen LogP contribution in [-0.4, -0.2) is 17.3 Å². The average molecular weight is 199 g/mol. The Morgan fingerprint density at radius 3 is 1.25 bits per heavy atom. The molecule has 0 aliphatic carbocycles. The maximum absolute atomic E-state index is 3.77. The lowest BCUT2D eigenvalue weighted by Gasteiger charge is -2.28. The van der Waals surface area contributed by atoms with Crippen LogP contribution in [-0.2, 0) is 0 Å². The third kappa shape index (κ3) is 2.40. The average Bonchev–Trinajstić information content (AvgIpc) is 1.87. The third-order valence-corrected chi connectivity index (χ3v) is 8.78. The molecule has 0 aliphatic heterocycles. The molecule has 0 radical (unpaired) electrons. The fourth-order valence-corrected chi connectivity index (χ4v) is 1.84. The first-order valence-corrected chi connectivity index (χ1v) is 7.12. The van der Waals surface area contributed by atoms with Gasteiger partial charge in [-0.2, -0.15) is 8.46 Å². The van der Waals surface area contributed by atoms with Crippen molar-refractivity contribution < 1.29 is 0 Å². The predicted octanol–water partition coefficient (Wildman–Crippen LogP) is 3.16. The standard InChI is InChI=1S/C6H15BrS/c1-4-8(7,5-2)6-3/h4-6H2,1-3H3. The van der Waals surface area contributed by atoms with Gasteiger partial charge in [0, 0.05) is 0 Å². The smallest absolute Gasteiger partial charge is 0.0165 e. The summed E-state index contributed by atoms with van der Waals surface area (Å²) in [7, 11) is -0.340. The van der Waals surface area contributed by atoms with Crippen LogP contribution in [0.25, 0.3) is 0 Å². The Labute approximate surface area is 61.6 Å². The SMILES string of the molecule is CCS(Br)(CC)CC. The second-order valence-electron chi connectivity index (χ2n) is 1.81. The van der Waals surface area contributed by atoms with Crippen molar-refractivity contribution >= 4 is 23.3 Å². The predicted molar refractivity (Wildman–Crippen MR) is 48.1 cm³/mol. The largest absolute Gasteiger partial charge is 0.184 e. The van der Waals surface area contributed by atoms with Crippen LogP contribution in [0.5, 0.6) is 0 Å². The van der Waals surface area contributed by atoms with Gasteiger partial charge in [-0.15, -0.1) is 0 Å². The van der Waals surface area contributed by atoms with E-state index in [0.29, 0.717) is 0 Å². The minimum Gasteiger partial charge on any atom is -0.184 e. The highest BCUT2D eigenvalue weighted by Crippen LogP contribution is 2.54. The van der Waals surface area contributed by atoms with Crippen LogP contribution in [0.4, 0.5) is 0 Å². The van der Waals surface area contributed by atoms with E-state index in [9.17, 15) is 0 Å². The Morgan fingerprint density at radius 1 is 1.00 bits per heavy atom. The van der Waals surface area contributed by atoms with Gasteiger partial charge in [0.1, 0.15) is 0 Å². The molecule has 0 aromatic heterocycles. The van der Waals surface area contributed by atoms with Crippen molar-refractivity contribution in [2.75, 3.05) is 17.3 Å². The summed E-state index contributed by atoms with van der Waals surface area (Å²) in [6, 6.07) is 0. The molecule has 0 aromatic rings. The third-order valence-electron chi connectivity index (χ3n) is 1.55. The lowest BCUT2D eigenvalue weighted by molar-refractivity contribution is 1.37. The van der Waals surface area contributed by atoms with E-state index in [1.807, 2.05) is 0 Å².